The van der Waals surface area contributed by atoms with Crippen LogP contribution in [0.1, 0.15) is 16.1 Å². The summed E-state index contributed by atoms with van der Waals surface area (Å²) < 4.78 is 28.3. The van der Waals surface area contributed by atoms with Crippen molar-refractivity contribution in [3.05, 3.63) is 71.4 Å². The van der Waals surface area contributed by atoms with Crippen molar-refractivity contribution in [1.82, 2.24) is 14.7 Å². The number of hydrogen-bond donors (Lipinski definition) is 2. The Morgan fingerprint density at radius 1 is 1.03 bits per heavy atom. The first kappa shape index (κ1) is 18.6. The zero-order valence-electron chi connectivity index (χ0n) is 15.2. The number of amides is 3. The number of hydrogen-bond acceptors (Lipinski definition) is 3. The van der Waals surface area contributed by atoms with E-state index < -0.39 is 23.6 Å². The zero-order valence-corrected chi connectivity index (χ0v) is 15.2. The number of rotatable bonds is 3. The van der Waals surface area contributed by atoms with Crippen molar-refractivity contribution in [2.24, 2.45) is 5.73 Å². The Morgan fingerprint density at radius 2 is 1.79 bits per heavy atom. The van der Waals surface area contributed by atoms with Crippen LogP contribution in [0.15, 0.2) is 48.5 Å². The third-order valence-corrected chi connectivity index (χ3v) is 4.71. The molecule has 0 aliphatic carbocycles. The smallest absolute Gasteiger partial charge is 0.322 e. The van der Waals surface area contributed by atoms with Crippen molar-refractivity contribution in [3.63, 3.8) is 0 Å². The highest BCUT2D eigenvalue weighted by atomic mass is 19.1. The maximum atomic E-state index is 13.6. The van der Waals surface area contributed by atoms with E-state index in [9.17, 15) is 18.4 Å². The van der Waals surface area contributed by atoms with E-state index in [1.165, 1.54) is 47.4 Å². The van der Waals surface area contributed by atoms with E-state index in [0.717, 1.165) is 0 Å². The van der Waals surface area contributed by atoms with Crippen LogP contribution in [0.25, 0.3) is 11.3 Å². The fourth-order valence-corrected chi connectivity index (χ4v) is 3.32. The van der Waals surface area contributed by atoms with Gasteiger partial charge in [0.05, 0.1) is 24.3 Å². The van der Waals surface area contributed by atoms with Gasteiger partial charge in [-0.05, 0) is 36.4 Å². The van der Waals surface area contributed by atoms with Crippen molar-refractivity contribution in [2.75, 3.05) is 11.9 Å². The van der Waals surface area contributed by atoms with Gasteiger partial charge in [-0.2, -0.15) is 5.10 Å². The summed E-state index contributed by atoms with van der Waals surface area (Å²) in [5.74, 6) is -1.56. The third-order valence-electron chi connectivity index (χ3n) is 4.71. The van der Waals surface area contributed by atoms with Gasteiger partial charge in [0.1, 0.15) is 17.3 Å². The van der Waals surface area contributed by atoms with Crippen molar-refractivity contribution in [2.45, 2.75) is 13.1 Å². The molecule has 9 heteroatoms. The van der Waals surface area contributed by atoms with E-state index in [2.05, 4.69) is 10.4 Å². The van der Waals surface area contributed by atoms with E-state index in [-0.39, 0.29) is 17.8 Å². The maximum absolute atomic E-state index is 13.6. The number of carbonyl (C=O) groups excluding carboxylic acids is 2. The number of aromatic nitrogens is 2. The summed E-state index contributed by atoms with van der Waals surface area (Å²) in [5, 5.41) is 7.11. The molecule has 1 aliphatic heterocycles. The number of fused-ring (bicyclic) bond motifs is 1. The molecule has 3 amide bonds. The molecule has 1 aliphatic rings. The van der Waals surface area contributed by atoms with Crippen molar-refractivity contribution >= 4 is 17.6 Å². The number of primary amides is 1. The Kier molecular flexibility index (Phi) is 4.71. The Bertz CT molecular complexity index is 1090. The van der Waals surface area contributed by atoms with Gasteiger partial charge < -0.3 is 16.0 Å². The quantitative estimate of drug-likeness (QED) is 0.712. The van der Waals surface area contributed by atoms with Gasteiger partial charge in [-0.3, -0.25) is 9.48 Å². The number of anilines is 1. The second-order valence-corrected chi connectivity index (χ2v) is 6.63. The van der Waals surface area contributed by atoms with E-state index in [0.29, 0.717) is 30.0 Å². The van der Waals surface area contributed by atoms with E-state index in [4.69, 9.17) is 5.73 Å². The fraction of sp³-hybridized carbons (Fsp3) is 0.150. The van der Waals surface area contributed by atoms with E-state index in [1.807, 2.05) is 0 Å². The molecule has 3 N–H and O–H groups in total. The molecule has 0 atom stereocenters. The minimum Gasteiger partial charge on any atom is -0.365 e. The van der Waals surface area contributed by atoms with Crippen molar-refractivity contribution < 1.29 is 18.4 Å². The van der Waals surface area contributed by atoms with Crippen molar-refractivity contribution in [1.29, 1.82) is 0 Å². The van der Waals surface area contributed by atoms with E-state index >= 15 is 0 Å². The molecule has 0 bridgehead atoms. The number of nitrogens with zero attached hydrogens (tertiary/aromatic N) is 3. The number of halogens is 2. The van der Waals surface area contributed by atoms with Crippen LogP contribution < -0.4 is 11.1 Å². The van der Waals surface area contributed by atoms with Gasteiger partial charge >= 0.3 is 6.03 Å². The van der Waals surface area contributed by atoms with E-state index in [1.54, 1.807) is 10.7 Å². The topological polar surface area (TPSA) is 93.2 Å². The Hall–Kier alpha value is -3.75. The van der Waals surface area contributed by atoms with Crippen LogP contribution in [0.5, 0.6) is 0 Å². The summed E-state index contributed by atoms with van der Waals surface area (Å²) >= 11 is 0. The van der Waals surface area contributed by atoms with Gasteiger partial charge in [0, 0.05) is 17.8 Å². The molecule has 3 aromatic rings. The van der Waals surface area contributed by atoms with Gasteiger partial charge in [0.15, 0.2) is 0 Å². The lowest BCUT2D eigenvalue weighted by Gasteiger charge is -2.28. The van der Waals surface area contributed by atoms with Crippen LogP contribution in [0.4, 0.5) is 19.3 Å². The lowest BCUT2D eigenvalue weighted by atomic mass is 10.0. The highest BCUT2D eigenvalue weighted by Crippen LogP contribution is 2.28. The predicted molar refractivity (Wildman–Crippen MR) is 102 cm³/mol. The number of nitrogens with one attached hydrogen (secondary N) is 1. The lowest BCUT2D eigenvalue weighted by Crippen LogP contribution is -2.41. The maximum Gasteiger partial charge on any atom is 0.322 e. The van der Waals surface area contributed by atoms with Gasteiger partial charge in [0.2, 0.25) is 0 Å². The van der Waals surface area contributed by atoms with Crippen LogP contribution in [-0.4, -0.2) is 33.2 Å². The first-order chi connectivity index (χ1) is 13.9. The number of benzene rings is 2. The van der Waals surface area contributed by atoms with Crippen LogP contribution in [0.2, 0.25) is 0 Å². The third kappa shape index (κ3) is 3.66. The summed E-state index contributed by atoms with van der Waals surface area (Å²) in [6.45, 7) is 0.803. The molecule has 7 nitrogen and oxygen atoms in total. The standard InChI is InChI=1S/C20H17F2N5O2/c21-13-4-6-15(7-5-13)24-20(29)26-8-9-27-16(11-26)17(19(23)28)18(25-27)12-2-1-3-14(22)10-12/h1-7,10H,8-9,11H2,(H2,23,28)(H,24,29). The fourth-order valence-electron chi connectivity index (χ4n) is 3.32. The summed E-state index contributed by atoms with van der Waals surface area (Å²) in [6, 6.07) is 10.8. The van der Waals surface area contributed by atoms with Crippen LogP contribution in [-0.2, 0) is 13.1 Å². The number of carbonyl (C=O) groups is 2. The largest absolute Gasteiger partial charge is 0.365 e. The predicted octanol–water partition coefficient (Wildman–Crippen LogP) is 2.97. The molecule has 4 rings (SSSR count). The number of urea groups is 1. The average Bonchev–Trinajstić information content (AvgIpc) is 3.08. The molecule has 1 aromatic heterocycles. The van der Waals surface area contributed by atoms with Gasteiger partial charge in [-0.1, -0.05) is 12.1 Å². The van der Waals surface area contributed by atoms with Gasteiger partial charge in [-0.25, -0.2) is 13.6 Å². The van der Waals surface area contributed by atoms with Crippen LogP contribution in [0, 0.1) is 11.6 Å². The second kappa shape index (κ2) is 7.34. The molecule has 0 saturated heterocycles. The second-order valence-electron chi connectivity index (χ2n) is 6.63. The molecule has 0 unspecified atom stereocenters. The van der Waals surface area contributed by atoms with Gasteiger partial charge in [-0.15, -0.1) is 0 Å². The average molecular weight is 397 g/mol. The summed E-state index contributed by atoms with van der Waals surface area (Å²) in [7, 11) is 0. The SMILES string of the molecule is NC(=O)c1c(-c2cccc(F)c2)nn2c1CN(C(=O)Nc1ccc(F)cc1)CC2. The molecule has 0 saturated carbocycles. The first-order valence-corrected chi connectivity index (χ1v) is 8.89. The normalized spacial score (nSPS) is 13.1. The molecule has 0 radical (unpaired) electrons. The summed E-state index contributed by atoms with van der Waals surface area (Å²) in [5.41, 5.74) is 7.39. The molecule has 2 heterocycles. The Morgan fingerprint density at radius 3 is 2.48 bits per heavy atom. The summed E-state index contributed by atoms with van der Waals surface area (Å²) in [4.78, 5) is 26.2. The molecule has 148 valence electrons. The highest BCUT2D eigenvalue weighted by molar-refractivity contribution is 6.00. The van der Waals surface area contributed by atoms with Crippen LogP contribution >= 0.6 is 0 Å². The summed E-state index contributed by atoms with van der Waals surface area (Å²) in [6.07, 6.45) is 0. The monoisotopic (exact) mass is 397 g/mol. The molecular weight excluding hydrogens is 380 g/mol. The highest BCUT2D eigenvalue weighted by Gasteiger charge is 2.29. The minimum absolute atomic E-state index is 0.105. The van der Waals surface area contributed by atoms with Crippen LogP contribution in [0.3, 0.4) is 0 Å². The van der Waals surface area contributed by atoms with Gasteiger partial charge in [0.25, 0.3) is 5.91 Å². The Balaban J connectivity index is 1.62. The molecular formula is C20H17F2N5O2. The number of nitrogens with two attached hydrogens (primary N) is 1. The molecule has 0 fully saturated rings. The minimum atomic E-state index is -0.702. The molecule has 0 spiro atoms. The zero-order chi connectivity index (χ0) is 20.5. The molecule has 29 heavy (non-hydrogen) atoms. The first-order valence-electron chi connectivity index (χ1n) is 8.89. The Labute approximate surface area is 164 Å². The molecule has 2 aromatic carbocycles. The lowest BCUT2D eigenvalue weighted by molar-refractivity contribution is 0.0997. The van der Waals surface area contributed by atoms with Crippen molar-refractivity contribution in [3.8, 4) is 11.3 Å².